The summed E-state index contributed by atoms with van der Waals surface area (Å²) in [6.45, 7) is 1.82. The molecule has 3 rings (SSSR count). The third-order valence-electron chi connectivity index (χ3n) is 3.11. The predicted molar refractivity (Wildman–Crippen MR) is 96.2 cm³/mol. The molecule has 4 nitrogen and oxygen atoms in total. The van der Waals surface area contributed by atoms with Crippen LogP contribution in [0.15, 0.2) is 48.5 Å². The number of hydrogen-bond acceptors (Lipinski definition) is 4. The number of para-hydroxylation sites is 1. The van der Waals surface area contributed by atoms with Crippen LogP contribution in [0.5, 0.6) is 0 Å². The van der Waals surface area contributed by atoms with E-state index in [1.165, 1.54) is 6.07 Å². The number of nitrogens with one attached hydrogen (secondary N) is 2. The lowest BCUT2D eigenvalue weighted by Gasteiger charge is -2.11. The molecule has 0 bridgehead atoms. The van der Waals surface area contributed by atoms with Gasteiger partial charge in [0, 0.05) is 27.5 Å². The minimum Gasteiger partial charge on any atom is -0.338 e. The second-order valence-electron chi connectivity index (χ2n) is 5.11. The van der Waals surface area contributed by atoms with Gasteiger partial charge in [0.1, 0.15) is 11.6 Å². The van der Waals surface area contributed by atoms with E-state index in [2.05, 4.69) is 20.6 Å². The predicted octanol–water partition coefficient (Wildman–Crippen LogP) is 5.72. The maximum atomic E-state index is 13.8. The molecule has 0 saturated heterocycles. The molecule has 0 aliphatic heterocycles. The van der Waals surface area contributed by atoms with Gasteiger partial charge in [0.15, 0.2) is 0 Å². The average molecular weight is 363 g/mol. The van der Waals surface area contributed by atoms with Gasteiger partial charge in [-0.05, 0) is 37.3 Å². The third-order valence-corrected chi connectivity index (χ3v) is 3.55. The third kappa shape index (κ3) is 4.13. The van der Waals surface area contributed by atoms with Crippen LogP contribution in [0.2, 0.25) is 10.0 Å². The van der Waals surface area contributed by atoms with Crippen molar-refractivity contribution in [1.82, 2.24) is 9.97 Å². The zero-order valence-corrected chi connectivity index (χ0v) is 14.2. The van der Waals surface area contributed by atoms with Crippen LogP contribution in [0.1, 0.15) is 5.69 Å². The molecule has 0 fully saturated rings. The standard InChI is InChI=1S/C17H13Cl2FN4/c1-10-6-16(23-15-5-3-2-4-14(15)20)24-17(21-10)22-13-8-11(18)7-12(19)9-13/h2-9H,1H3,(H2,21,22,23,24). The number of anilines is 4. The molecule has 0 unspecified atom stereocenters. The maximum Gasteiger partial charge on any atom is 0.229 e. The SMILES string of the molecule is Cc1cc(Nc2ccccc2F)nc(Nc2cc(Cl)cc(Cl)c2)n1. The largest absolute Gasteiger partial charge is 0.338 e. The molecule has 0 atom stereocenters. The molecule has 122 valence electrons. The van der Waals surface area contributed by atoms with Crippen molar-refractivity contribution in [2.24, 2.45) is 0 Å². The van der Waals surface area contributed by atoms with Crippen molar-refractivity contribution in [2.75, 3.05) is 10.6 Å². The number of aromatic nitrogens is 2. The fraction of sp³-hybridized carbons (Fsp3) is 0.0588. The van der Waals surface area contributed by atoms with E-state index in [-0.39, 0.29) is 5.82 Å². The highest BCUT2D eigenvalue weighted by Gasteiger charge is 2.07. The average Bonchev–Trinajstić information content (AvgIpc) is 2.48. The summed E-state index contributed by atoms with van der Waals surface area (Å²) in [5.41, 5.74) is 1.72. The van der Waals surface area contributed by atoms with Crippen LogP contribution < -0.4 is 10.6 Å². The minimum absolute atomic E-state index is 0.340. The van der Waals surface area contributed by atoms with Gasteiger partial charge in [0.05, 0.1) is 5.69 Å². The Hall–Kier alpha value is -2.37. The van der Waals surface area contributed by atoms with Gasteiger partial charge in [-0.2, -0.15) is 4.98 Å². The smallest absolute Gasteiger partial charge is 0.229 e. The maximum absolute atomic E-state index is 13.8. The zero-order chi connectivity index (χ0) is 17.1. The van der Waals surface area contributed by atoms with Crippen molar-refractivity contribution in [3.05, 3.63) is 70.1 Å². The number of rotatable bonds is 4. The normalized spacial score (nSPS) is 10.5. The van der Waals surface area contributed by atoms with Crippen molar-refractivity contribution in [3.8, 4) is 0 Å². The highest BCUT2D eigenvalue weighted by molar-refractivity contribution is 6.35. The molecule has 0 amide bonds. The zero-order valence-electron chi connectivity index (χ0n) is 12.6. The Bertz CT molecular complexity index is 866. The molecule has 1 aromatic heterocycles. The number of halogens is 3. The van der Waals surface area contributed by atoms with Crippen LogP contribution in [0.3, 0.4) is 0 Å². The van der Waals surface area contributed by atoms with E-state index in [1.807, 2.05) is 6.92 Å². The fourth-order valence-corrected chi connectivity index (χ4v) is 2.67. The summed E-state index contributed by atoms with van der Waals surface area (Å²) >= 11 is 12.0. The Morgan fingerprint density at radius 2 is 1.62 bits per heavy atom. The summed E-state index contributed by atoms with van der Waals surface area (Å²) in [6, 6.07) is 13.2. The van der Waals surface area contributed by atoms with Gasteiger partial charge in [-0.25, -0.2) is 9.37 Å². The topological polar surface area (TPSA) is 49.8 Å². The Kier molecular flexibility index (Phi) is 4.83. The van der Waals surface area contributed by atoms with Crippen molar-refractivity contribution >= 4 is 46.3 Å². The van der Waals surface area contributed by atoms with Crippen LogP contribution in [-0.2, 0) is 0 Å². The van der Waals surface area contributed by atoms with Gasteiger partial charge < -0.3 is 10.6 Å². The molecule has 1 heterocycles. The van der Waals surface area contributed by atoms with E-state index in [0.29, 0.717) is 33.2 Å². The first-order valence-electron chi connectivity index (χ1n) is 7.10. The molecule has 0 saturated carbocycles. The molecule has 0 aliphatic rings. The summed E-state index contributed by atoms with van der Waals surface area (Å²) in [7, 11) is 0. The first-order chi connectivity index (χ1) is 11.5. The fourth-order valence-electron chi connectivity index (χ4n) is 2.14. The van der Waals surface area contributed by atoms with Gasteiger partial charge in [-0.1, -0.05) is 35.3 Å². The molecule has 0 radical (unpaired) electrons. The van der Waals surface area contributed by atoms with Gasteiger partial charge in [-0.3, -0.25) is 0 Å². The molecule has 24 heavy (non-hydrogen) atoms. The Morgan fingerprint density at radius 3 is 2.33 bits per heavy atom. The van der Waals surface area contributed by atoms with Gasteiger partial charge in [0.2, 0.25) is 5.95 Å². The minimum atomic E-state index is -0.357. The molecular formula is C17H13Cl2FN4. The van der Waals surface area contributed by atoms with Crippen LogP contribution in [-0.4, -0.2) is 9.97 Å². The number of benzene rings is 2. The van der Waals surface area contributed by atoms with Gasteiger partial charge in [-0.15, -0.1) is 0 Å². The lowest BCUT2D eigenvalue weighted by Crippen LogP contribution is -2.03. The lowest BCUT2D eigenvalue weighted by atomic mass is 10.3. The monoisotopic (exact) mass is 362 g/mol. The first-order valence-corrected chi connectivity index (χ1v) is 7.85. The van der Waals surface area contributed by atoms with Crippen LogP contribution in [0.4, 0.5) is 27.5 Å². The Morgan fingerprint density at radius 1 is 0.917 bits per heavy atom. The summed E-state index contributed by atoms with van der Waals surface area (Å²) in [6.07, 6.45) is 0. The summed E-state index contributed by atoms with van der Waals surface area (Å²) in [4.78, 5) is 8.65. The molecule has 0 aliphatic carbocycles. The lowest BCUT2D eigenvalue weighted by molar-refractivity contribution is 0.632. The van der Waals surface area contributed by atoms with Gasteiger partial charge >= 0.3 is 0 Å². The molecule has 0 spiro atoms. The Labute approximate surface area is 148 Å². The van der Waals surface area contributed by atoms with E-state index in [1.54, 1.807) is 42.5 Å². The van der Waals surface area contributed by atoms with Crippen molar-refractivity contribution < 1.29 is 4.39 Å². The van der Waals surface area contributed by atoms with Crippen molar-refractivity contribution in [3.63, 3.8) is 0 Å². The molecular weight excluding hydrogens is 350 g/mol. The summed E-state index contributed by atoms with van der Waals surface area (Å²) < 4.78 is 13.8. The number of hydrogen-bond donors (Lipinski definition) is 2. The van der Waals surface area contributed by atoms with Crippen LogP contribution in [0.25, 0.3) is 0 Å². The summed E-state index contributed by atoms with van der Waals surface area (Å²) in [5, 5.41) is 6.99. The molecule has 7 heteroatoms. The number of aryl methyl sites for hydroxylation is 1. The quantitative estimate of drug-likeness (QED) is 0.623. The van der Waals surface area contributed by atoms with E-state index < -0.39 is 0 Å². The molecule has 2 aromatic carbocycles. The second-order valence-corrected chi connectivity index (χ2v) is 5.98. The highest BCUT2D eigenvalue weighted by Crippen LogP contribution is 2.25. The first kappa shape index (κ1) is 16.5. The molecule has 2 N–H and O–H groups in total. The van der Waals surface area contributed by atoms with E-state index in [9.17, 15) is 4.39 Å². The van der Waals surface area contributed by atoms with Crippen molar-refractivity contribution in [2.45, 2.75) is 6.92 Å². The highest BCUT2D eigenvalue weighted by atomic mass is 35.5. The van der Waals surface area contributed by atoms with Crippen molar-refractivity contribution in [1.29, 1.82) is 0 Å². The van der Waals surface area contributed by atoms with E-state index >= 15 is 0 Å². The van der Waals surface area contributed by atoms with Gasteiger partial charge in [0.25, 0.3) is 0 Å². The van der Waals surface area contributed by atoms with Crippen LogP contribution in [0, 0.1) is 12.7 Å². The second kappa shape index (κ2) is 7.03. The molecule has 3 aromatic rings. The Balaban J connectivity index is 1.87. The van der Waals surface area contributed by atoms with E-state index in [0.717, 1.165) is 5.69 Å². The summed E-state index contributed by atoms with van der Waals surface area (Å²) in [5.74, 6) is 0.472. The number of nitrogens with zero attached hydrogens (tertiary/aromatic N) is 2. The van der Waals surface area contributed by atoms with Crippen LogP contribution >= 0.6 is 23.2 Å². The van der Waals surface area contributed by atoms with E-state index in [4.69, 9.17) is 23.2 Å².